The zero-order valence-electron chi connectivity index (χ0n) is 11.8. The van der Waals surface area contributed by atoms with Gasteiger partial charge in [0.05, 0.1) is 4.90 Å². The Morgan fingerprint density at radius 1 is 1.35 bits per heavy atom. The summed E-state index contributed by atoms with van der Waals surface area (Å²) in [7, 11) is -2.06. The minimum absolute atomic E-state index is 0.261. The second-order valence-corrected chi connectivity index (χ2v) is 6.16. The Morgan fingerprint density at radius 3 is 2.55 bits per heavy atom. The van der Waals surface area contributed by atoms with Crippen LogP contribution in [-0.4, -0.2) is 39.1 Å². The summed E-state index contributed by atoms with van der Waals surface area (Å²) in [6, 6.07) is 6.80. The fourth-order valence-corrected chi connectivity index (χ4v) is 3.07. The summed E-state index contributed by atoms with van der Waals surface area (Å²) in [5, 5.41) is 3.60. The van der Waals surface area contributed by atoms with Crippen LogP contribution >= 0.6 is 0 Å². The van der Waals surface area contributed by atoms with Gasteiger partial charge in [-0.05, 0) is 25.5 Å². The lowest BCUT2D eigenvalue weighted by atomic mass is 10.2. The average Bonchev–Trinajstić information content (AvgIpc) is 2.42. The van der Waals surface area contributed by atoms with Crippen molar-refractivity contribution in [3.8, 4) is 0 Å². The van der Waals surface area contributed by atoms with Crippen LogP contribution in [0.4, 0.5) is 0 Å². The second kappa shape index (κ2) is 7.81. The van der Waals surface area contributed by atoms with Crippen LogP contribution < -0.4 is 0 Å². The molecular formula is C14H20N2O3S. The van der Waals surface area contributed by atoms with E-state index < -0.39 is 10.0 Å². The van der Waals surface area contributed by atoms with Crippen LogP contribution in [-0.2, 0) is 14.9 Å². The molecule has 0 radical (unpaired) electrons. The van der Waals surface area contributed by atoms with Crippen molar-refractivity contribution in [2.24, 2.45) is 5.16 Å². The minimum atomic E-state index is -3.51. The summed E-state index contributed by atoms with van der Waals surface area (Å²) < 4.78 is 26.4. The molecule has 0 spiro atoms. The fraction of sp³-hybridized carbons (Fsp3) is 0.357. The summed E-state index contributed by atoms with van der Waals surface area (Å²) >= 11 is 0. The van der Waals surface area contributed by atoms with Gasteiger partial charge >= 0.3 is 0 Å². The Morgan fingerprint density at radius 2 is 2.00 bits per heavy atom. The number of nitrogens with zero attached hydrogens (tertiary/aromatic N) is 2. The maximum atomic E-state index is 12.5. The first-order valence-corrected chi connectivity index (χ1v) is 7.69. The van der Waals surface area contributed by atoms with Crippen LogP contribution in [0.5, 0.6) is 0 Å². The van der Waals surface area contributed by atoms with Gasteiger partial charge in [0, 0.05) is 19.3 Å². The van der Waals surface area contributed by atoms with Crippen molar-refractivity contribution in [2.75, 3.05) is 20.2 Å². The maximum absolute atomic E-state index is 12.5. The quantitative estimate of drug-likeness (QED) is 0.420. The number of hydrogen-bond acceptors (Lipinski definition) is 4. The van der Waals surface area contributed by atoms with Crippen molar-refractivity contribution in [1.29, 1.82) is 0 Å². The summed E-state index contributed by atoms with van der Waals surface area (Å²) in [6.07, 6.45) is 3.59. The van der Waals surface area contributed by atoms with E-state index in [1.165, 1.54) is 11.4 Å². The predicted octanol–water partition coefficient (Wildman–Crippen LogP) is 2.19. The maximum Gasteiger partial charge on any atom is 0.243 e. The number of rotatable bonds is 8. The lowest BCUT2D eigenvalue weighted by molar-refractivity contribution is 0.214. The topological polar surface area (TPSA) is 59.0 Å². The lowest BCUT2D eigenvalue weighted by Gasteiger charge is -2.20. The smallest absolute Gasteiger partial charge is 0.243 e. The van der Waals surface area contributed by atoms with Crippen molar-refractivity contribution in [3.63, 3.8) is 0 Å². The molecule has 0 aromatic heterocycles. The van der Waals surface area contributed by atoms with Gasteiger partial charge in [0.2, 0.25) is 10.0 Å². The molecule has 110 valence electrons. The SMILES string of the molecule is C=CCN(CC/C=N/OC)S(=O)(=O)c1ccc(C)cc1. The standard InChI is InChI=1S/C14H20N2O3S/c1-4-11-16(12-5-10-15-19-3)20(17,18)14-8-6-13(2)7-9-14/h4,6-10H,1,5,11-12H2,2-3H3/b15-10+. The zero-order chi connectivity index (χ0) is 15.0. The number of oxime groups is 1. The number of sulfonamides is 1. The van der Waals surface area contributed by atoms with Gasteiger partial charge in [0.25, 0.3) is 0 Å². The van der Waals surface area contributed by atoms with Gasteiger partial charge in [0.15, 0.2) is 0 Å². The van der Waals surface area contributed by atoms with Crippen molar-refractivity contribution in [1.82, 2.24) is 4.31 Å². The summed E-state index contributed by atoms with van der Waals surface area (Å²) in [4.78, 5) is 4.83. The molecule has 0 saturated carbocycles. The summed E-state index contributed by atoms with van der Waals surface area (Å²) in [5.41, 5.74) is 1.02. The van der Waals surface area contributed by atoms with Crippen LogP contribution in [0.25, 0.3) is 0 Å². The Labute approximate surface area is 120 Å². The van der Waals surface area contributed by atoms with Gasteiger partial charge in [-0.3, -0.25) is 0 Å². The van der Waals surface area contributed by atoms with Gasteiger partial charge in [-0.25, -0.2) is 8.42 Å². The average molecular weight is 296 g/mol. The molecular weight excluding hydrogens is 276 g/mol. The lowest BCUT2D eigenvalue weighted by Crippen LogP contribution is -2.32. The van der Waals surface area contributed by atoms with E-state index in [9.17, 15) is 8.42 Å². The predicted molar refractivity (Wildman–Crippen MR) is 80.3 cm³/mol. The highest BCUT2D eigenvalue weighted by Gasteiger charge is 2.22. The van der Waals surface area contributed by atoms with Gasteiger partial charge in [-0.15, -0.1) is 6.58 Å². The molecule has 6 heteroatoms. The van der Waals surface area contributed by atoms with E-state index in [2.05, 4.69) is 16.6 Å². The van der Waals surface area contributed by atoms with Gasteiger partial charge in [-0.2, -0.15) is 4.31 Å². The van der Waals surface area contributed by atoms with E-state index in [1.54, 1.807) is 36.6 Å². The first-order valence-electron chi connectivity index (χ1n) is 6.25. The van der Waals surface area contributed by atoms with E-state index in [-0.39, 0.29) is 11.4 Å². The Hall–Kier alpha value is -1.66. The van der Waals surface area contributed by atoms with Crippen molar-refractivity contribution < 1.29 is 13.3 Å². The van der Waals surface area contributed by atoms with Gasteiger partial charge < -0.3 is 4.84 Å². The molecule has 5 nitrogen and oxygen atoms in total. The highest BCUT2D eigenvalue weighted by molar-refractivity contribution is 7.89. The third kappa shape index (κ3) is 4.47. The Bertz CT molecular complexity index is 550. The van der Waals surface area contributed by atoms with Gasteiger partial charge in [-0.1, -0.05) is 28.9 Å². The van der Waals surface area contributed by atoms with Crippen molar-refractivity contribution in [3.05, 3.63) is 42.5 Å². The number of hydrogen-bond donors (Lipinski definition) is 0. The molecule has 1 aromatic rings. The highest BCUT2D eigenvalue weighted by Crippen LogP contribution is 2.16. The molecule has 0 aliphatic carbocycles. The monoisotopic (exact) mass is 296 g/mol. The van der Waals surface area contributed by atoms with E-state index >= 15 is 0 Å². The molecule has 1 aromatic carbocycles. The zero-order valence-corrected chi connectivity index (χ0v) is 12.6. The normalized spacial score (nSPS) is 11.9. The molecule has 0 saturated heterocycles. The number of benzene rings is 1. The fourth-order valence-electron chi connectivity index (χ4n) is 1.64. The van der Waals surface area contributed by atoms with E-state index in [4.69, 9.17) is 0 Å². The van der Waals surface area contributed by atoms with Crippen LogP contribution in [0, 0.1) is 6.92 Å². The first kappa shape index (κ1) is 16.4. The van der Waals surface area contributed by atoms with Crippen molar-refractivity contribution >= 4 is 16.2 Å². The number of aryl methyl sites for hydroxylation is 1. The Balaban J connectivity index is 2.90. The minimum Gasteiger partial charge on any atom is -0.399 e. The third-order valence-electron chi connectivity index (χ3n) is 2.68. The molecule has 0 fully saturated rings. The van der Waals surface area contributed by atoms with E-state index in [1.807, 2.05) is 6.92 Å². The van der Waals surface area contributed by atoms with Crippen LogP contribution in [0.3, 0.4) is 0 Å². The molecule has 0 atom stereocenters. The highest BCUT2D eigenvalue weighted by atomic mass is 32.2. The molecule has 0 unspecified atom stereocenters. The largest absolute Gasteiger partial charge is 0.399 e. The first-order chi connectivity index (χ1) is 9.52. The molecule has 0 heterocycles. The summed E-state index contributed by atoms with van der Waals surface area (Å²) in [5.74, 6) is 0. The molecule has 0 bridgehead atoms. The third-order valence-corrected chi connectivity index (χ3v) is 4.56. The summed E-state index contributed by atoms with van der Waals surface area (Å²) in [6.45, 7) is 6.11. The second-order valence-electron chi connectivity index (χ2n) is 4.22. The van der Waals surface area contributed by atoms with Gasteiger partial charge in [0.1, 0.15) is 7.11 Å². The molecule has 1 rings (SSSR count). The van der Waals surface area contributed by atoms with E-state index in [0.717, 1.165) is 5.56 Å². The molecule has 0 amide bonds. The molecule has 0 aliphatic rings. The molecule has 20 heavy (non-hydrogen) atoms. The Kier molecular flexibility index (Phi) is 6.41. The molecule has 0 N–H and O–H groups in total. The molecule has 0 aliphatic heterocycles. The van der Waals surface area contributed by atoms with E-state index in [0.29, 0.717) is 13.0 Å². The van der Waals surface area contributed by atoms with Crippen LogP contribution in [0.15, 0.2) is 47.0 Å². The van der Waals surface area contributed by atoms with Crippen LogP contribution in [0.1, 0.15) is 12.0 Å². The van der Waals surface area contributed by atoms with Crippen molar-refractivity contribution in [2.45, 2.75) is 18.2 Å². The van der Waals surface area contributed by atoms with Crippen LogP contribution in [0.2, 0.25) is 0 Å².